The van der Waals surface area contributed by atoms with Crippen molar-refractivity contribution in [1.82, 2.24) is 0 Å². The molecule has 0 radical (unpaired) electrons. The Morgan fingerprint density at radius 1 is 1.23 bits per heavy atom. The van der Waals surface area contributed by atoms with Crippen LogP contribution in [0.15, 0.2) is 18.2 Å². The third-order valence-corrected chi connectivity index (χ3v) is 2.03. The number of nitrogens with one attached hydrogen (secondary N) is 1. The van der Waals surface area contributed by atoms with Crippen molar-refractivity contribution >= 4 is 28.9 Å². The van der Waals surface area contributed by atoms with Gasteiger partial charge in [0.05, 0.1) is 22.3 Å². The van der Waals surface area contributed by atoms with Gasteiger partial charge < -0.3 is 5.32 Å². The lowest BCUT2D eigenvalue weighted by molar-refractivity contribution is 0.163. The summed E-state index contributed by atoms with van der Waals surface area (Å²) in [5, 5.41) is 3.15. The molecule has 5 heteroatoms. The molecule has 0 aliphatic rings. The predicted molar refractivity (Wildman–Crippen MR) is 51.0 cm³/mol. The molecule has 0 aliphatic heterocycles. The van der Waals surface area contributed by atoms with Crippen LogP contribution in [0.5, 0.6) is 0 Å². The van der Waals surface area contributed by atoms with Gasteiger partial charge >= 0.3 is 0 Å². The summed E-state index contributed by atoms with van der Waals surface area (Å²) in [7, 11) is 0. The number of benzene rings is 1. The Morgan fingerprint density at radius 2 is 1.77 bits per heavy atom. The van der Waals surface area contributed by atoms with Crippen LogP contribution in [0.3, 0.4) is 0 Å². The number of anilines is 1. The van der Waals surface area contributed by atoms with Crippen molar-refractivity contribution in [2.75, 3.05) is 11.9 Å². The molecule has 0 amide bonds. The van der Waals surface area contributed by atoms with Gasteiger partial charge in [0.1, 0.15) is 0 Å². The molecule has 1 aromatic carbocycles. The van der Waals surface area contributed by atoms with Crippen LogP contribution in [0.2, 0.25) is 10.0 Å². The molecule has 0 aliphatic carbocycles. The van der Waals surface area contributed by atoms with E-state index in [1.165, 1.54) is 0 Å². The highest BCUT2D eigenvalue weighted by Gasteiger charge is 2.07. The Bertz CT molecular complexity index is 271. The Balaban J connectivity index is 2.75. The van der Waals surface area contributed by atoms with Crippen molar-refractivity contribution in [3.05, 3.63) is 28.2 Å². The Labute approximate surface area is 84.6 Å². The van der Waals surface area contributed by atoms with Crippen LogP contribution in [0, 0.1) is 0 Å². The molecule has 0 atom stereocenters. The van der Waals surface area contributed by atoms with Gasteiger partial charge in [-0.15, -0.1) is 0 Å². The first-order valence-corrected chi connectivity index (χ1v) is 4.33. The Hall–Kier alpha value is -0.540. The lowest BCUT2D eigenvalue weighted by Crippen LogP contribution is -2.10. The smallest absolute Gasteiger partial charge is 0.255 e. The largest absolute Gasteiger partial charge is 0.377 e. The van der Waals surface area contributed by atoms with Crippen molar-refractivity contribution in [3.63, 3.8) is 0 Å². The maximum atomic E-state index is 11.8. The highest BCUT2D eigenvalue weighted by Crippen LogP contribution is 2.29. The first kappa shape index (κ1) is 10.5. The van der Waals surface area contributed by atoms with Crippen molar-refractivity contribution in [3.8, 4) is 0 Å². The average Bonchev–Trinajstić information content (AvgIpc) is 2.03. The molecule has 0 bridgehead atoms. The number of rotatable bonds is 3. The van der Waals surface area contributed by atoms with Gasteiger partial charge in [-0.25, -0.2) is 8.78 Å². The summed E-state index contributed by atoms with van der Waals surface area (Å²) in [5.41, 5.74) is 0.353. The van der Waals surface area contributed by atoms with E-state index >= 15 is 0 Å². The Kier molecular flexibility index (Phi) is 3.75. The second kappa shape index (κ2) is 4.63. The second-order valence-corrected chi connectivity index (χ2v) is 3.18. The molecule has 0 aromatic heterocycles. The van der Waals surface area contributed by atoms with Gasteiger partial charge in [-0.05, 0) is 12.1 Å². The van der Waals surface area contributed by atoms with E-state index in [1.807, 2.05) is 0 Å². The van der Waals surface area contributed by atoms with E-state index in [0.29, 0.717) is 15.7 Å². The molecular weight excluding hydrogens is 219 g/mol. The van der Waals surface area contributed by atoms with E-state index in [0.717, 1.165) is 0 Å². The van der Waals surface area contributed by atoms with E-state index in [9.17, 15) is 8.78 Å². The van der Waals surface area contributed by atoms with Crippen LogP contribution >= 0.6 is 23.2 Å². The highest BCUT2D eigenvalue weighted by molar-refractivity contribution is 6.39. The third kappa shape index (κ3) is 3.01. The molecule has 0 fully saturated rings. The van der Waals surface area contributed by atoms with Crippen molar-refractivity contribution in [2.24, 2.45) is 0 Å². The highest BCUT2D eigenvalue weighted by atomic mass is 35.5. The summed E-state index contributed by atoms with van der Waals surface area (Å²) in [4.78, 5) is 0. The SMILES string of the molecule is FC(F)CNc1c(Cl)cccc1Cl. The van der Waals surface area contributed by atoms with Gasteiger partial charge in [0, 0.05) is 0 Å². The van der Waals surface area contributed by atoms with Gasteiger partial charge in [-0.3, -0.25) is 0 Å². The molecule has 0 unspecified atom stereocenters. The minimum Gasteiger partial charge on any atom is -0.377 e. The predicted octanol–water partition coefficient (Wildman–Crippen LogP) is 3.67. The van der Waals surface area contributed by atoms with E-state index in [1.54, 1.807) is 18.2 Å². The number of alkyl halides is 2. The van der Waals surface area contributed by atoms with Crippen molar-refractivity contribution < 1.29 is 8.78 Å². The minimum absolute atomic E-state index is 0.341. The first-order valence-electron chi connectivity index (χ1n) is 3.57. The van der Waals surface area contributed by atoms with Crippen LogP contribution in [-0.2, 0) is 0 Å². The van der Waals surface area contributed by atoms with E-state index < -0.39 is 13.0 Å². The fraction of sp³-hybridized carbons (Fsp3) is 0.250. The van der Waals surface area contributed by atoms with Gasteiger partial charge in [0.15, 0.2) is 0 Å². The summed E-state index contributed by atoms with van der Waals surface area (Å²) < 4.78 is 23.7. The van der Waals surface area contributed by atoms with Gasteiger partial charge in [-0.1, -0.05) is 29.3 Å². The van der Waals surface area contributed by atoms with Crippen LogP contribution in [-0.4, -0.2) is 13.0 Å². The molecule has 0 saturated heterocycles. The van der Waals surface area contributed by atoms with E-state index in [2.05, 4.69) is 5.32 Å². The van der Waals surface area contributed by atoms with Gasteiger partial charge in [0.2, 0.25) is 0 Å². The number of halogens is 4. The number of hydrogen-bond acceptors (Lipinski definition) is 1. The minimum atomic E-state index is -2.42. The third-order valence-electron chi connectivity index (χ3n) is 1.40. The zero-order valence-electron chi connectivity index (χ0n) is 6.53. The average molecular weight is 226 g/mol. The molecule has 0 spiro atoms. The zero-order chi connectivity index (χ0) is 9.84. The van der Waals surface area contributed by atoms with Crippen molar-refractivity contribution in [1.29, 1.82) is 0 Å². The van der Waals surface area contributed by atoms with Crippen LogP contribution in [0.4, 0.5) is 14.5 Å². The normalized spacial score (nSPS) is 10.5. The molecule has 1 nitrogen and oxygen atoms in total. The molecule has 0 heterocycles. The number of para-hydroxylation sites is 1. The fourth-order valence-corrected chi connectivity index (χ4v) is 1.38. The maximum Gasteiger partial charge on any atom is 0.255 e. The standard InChI is InChI=1S/C8H7Cl2F2N/c9-5-2-1-3-6(10)8(5)13-4-7(11)12/h1-3,7,13H,4H2. The fourth-order valence-electron chi connectivity index (χ4n) is 0.846. The lowest BCUT2D eigenvalue weighted by atomic mass is 10.3. The maximum absolute atomic E-state index is 11.8. The van der Waals surface area contributed by atoms with Crippen LogP contribution < -0.4 is 5.32 Å². The van der Waals surface area contributed by atoms with Gasteiger partial charge in [-0.2, -0.15) is 0 Å². The van der Waals surface area contributed by atoms with E-state index in [-0.39, 0.29) is 0 Å². The summed E-state index contributed by atoms with van der Waals surface area (Å²) in [6.45, 7) is -0.455. The summed E-state index contributed by atoms with van der Waals surface area (Å²) in [6.07, 6.45) is -2.42. The molecule has 1 aromatic rings. The second-order valence-electron chi connectivity index (χ2n) is 2.37. The summed E-state index contributed by atoms with van der Waals surface area (Å²) in [6, 6.07) is 4.82. The van der Waals surface area contributed by atoms with Gasteiger partial charge in [0.25, 0.3) is 6.43 Å². The molecule has 1 rings (SSSR count). The van der Waals surface area contributed by atoms with Crippen LogP contribution in [0.25, 0.3) is 0 Å². The van der Waals surface area contributed by atoms with E-state index in [4.69, 9.17) is 23.2 Å². The molecule has 72 valence electrons. The molecule has 13 heavy (non-hydrogen) atoms. The quantitative estimate of drug-likeness (QED) is 0.828. The molecule has 1 N–H and O–H groups in total. The zero-order valence-corrected chi connectivity index (χ0v) is 8.04. The van der Waals surface area contributed by atoms with Crippen molar-refractivity contribution in [2.45, 2.75) is 6.43 Å². The molecule has 0 saturated carbocycles. The lowest BCUT2D eigenvalue weighted by Gasteiger charge is -2.08. The monoisotopic (exact) mass is 225 g/mol. The van der Waals surface area contributed by atoms with Crippen LogP contribution in [0.1, 0.15) is 0 Å². The topological polar surface area (TPSA) is 12.0 Å². The first-order chi connectivity index (χ1) is 6.11. The molecular formula is C8H7Cl2F2N. The number of hydrogen-bond donors (Lipinski definition) is 1. The summed E-state index contributed by atoms with van der Waals surface area (Å²) in [5.74, 6) is 0. The Morgan fingerprint density at radius 3 is 2.23 bits per heavy atom. The summed E-state index contributed by atoms with van der Waals surface area (Å²) >= 11 is 11.4.